The van der Waals surface area contributed by atoms with Crippen molar-refractivity contribution in [3.05, 3.63) is 59.8 Å². The largest absolute Gasteiger partial charge is 0.460 e. The topological polar surface area (TPSA) is 164 Å². The summed E-state index contributed by atoms with van der Waals surface area (Å²) in [6.07, 6.45) is 15.8. The third-order valence-electron chi connectivity index (χ3n) is 15.7. The van der Waals surface area contributed by atoms with E-state index in [4.69, 9.17) is 28.4 Å². The smallest absolute Gasteiger partial charge is 0.329 e. The average molecular weight is 966 g/mol. The number of amides is 1. The van der Waals surface area contributed by atoms with Gasteiger partial charge in [0, 0.05) is 64.9 Å². The van der Waals surface area contributed by atoms with Crippen molar-refractivity contribution in [3.63, 3.8) is 0 Å². The predicted molar refractivity (Wildman–Crippen MR) is 267 cm³/mol. The molecular formula is C56H87NO12. The molecule has 4 rings (SSSR count). The Hall–Kier alpha value is -3.75. The van der Waals surface area contributed by atoms with E-state index >= 15 is 0 Å². The lowest BCUT2D eigenvalue weighted by Gasteiger charge is -2.42. The van der Waals surface area contributed by atoms with E-state index in [-0.39, 0.29) is 91.6 Å². The van der Waals surface area contributed by atoms with Gasteiger partial charge in [0.15, 0.2) is 0 Å². The number of hydrogen-bond acceptors (Lipinski definition) is 12. The molecule has 388 valence electrons. The Balaban J connectivity index is 1.70. The fourth-order valence-corrected chi connectivity index (χ4v) is 10.9. The van der Waals surface area contributed by atoms with Gasteiger partial charge in [-0.1, -0.05) is 97.1 Å². The summed E-state index contributed by atoms with van der Waals surface area (Å²) in [5.74, 6) is -6.62. The molecule has 4 aliphatic rings. The predicted octanol–water partition coefficient (Wildman–Crippen LogP) is 9.40. The number of methoxy groups -OCH3 is 3. The number of hydrogen-bond donors (Lipinski definition) is 1. The first-order valence-corrected chi connectivity index (χ1v) is 25.8. The van der Waals surface area contributed by atoms with Crippen LogP contribution in [0.1, 0.15) is 146 Å². The molecule has 0 spiro atoms. The Labute approximate surface area is 413 Å². The summed E-state index contributed by atoms with van der Waals surface area (Å²) < 4.78 is 36.1. The van der Waals surface area contributed by atoms with Crippen molar-refractivity contribution in [1.82, 2.24) is 4.90 Å². The minimum Gasteiger partial charge on any atom is -0.460 e. The molecule has 3 aliphatic heterocycles. The minimum atomic E-state index is -2.41. The monoisotopic (exact) mass is 966 g/mol. The number of ketones is 2. The Kier molecular flexibility index (Phi) is 22.8. The molecule has 0 unspecified atom stereocenters. The van der Waals surface area contributed by atoms with Crippen LogP contribution in [0.5, 0.6) is 0 Å². The van der Waals surface area contributed by atoms with E-state index in [0.29, 0.717) is 51.4 Å². The van der Waals surface area contributed by atoms with Crippen LogP contribution in [0.15, 0.2) is 59.8 Å². The van der Waals surface area contributed by atoms with Crippen LogP contribution in [0.25, 0.3) is 0 Å². The molecule has 13 nitrogen and oxygen atoms in total. The molecule has 1 N–H and O–H groups in total. The molecule has 1 amide bonds. The normalized spacial score (nSPS) is 38.7. The number of piperidine rings is 1. The lowest BCUT2D eigenvalue weighted by atomic mass is 9.78. The highest BCUT2D eigenvalue weighted by Crippen LogP contribution is 2.38. The molecule has 2 bridgehead atoms. The second kappa shape index (κ2) is 27.2. The van der Waals surface area contributed by atoms with Crippen molar-refractivity contribution in [3.8, 4) is 0 Å². The van der Waals surface area contributed by atoms with Crippen molar-refractivity contribution in [2.75, 3.05) is 27.9 Å². The molecule has 0 aromatic heterocycles. The Morgan fingerprint density at radius 1 is 0.884 bits per heavy atom. The van der Waals surface area contributed by atoms with Crippen molar-refractivity contribution >= 4 is 29.4 Å². The van der Waals surface area contributed by atoms with Crippen molar-refractivity contribution < 1.29 is 57.5 Å². The molecule has 13 heteroatoms. The van der Waals surface area contributed by atoms with E-state index < -0.39 is 53.5 Å². The third-order valence-corrected chi connectivity index (χ3v) is 15.7. The van der Waals surface area contributed by atoms with E-state index in [0.717, 1.165) is 29.6 Å². The maximum Gasteiger partial charge on any atom is 0.329 e. The highest BCUT2D eigenvalue weighted by molar-refractivity contribution is 6.39. The standard InChI is InChI=1S/C56H87NO12/c1-14-51(59)67-47-26-24-43(31-50(47)65-12)30-39(7)49-33-46(58)38(6)29-37(5)42(10)52(66-13)41(9)36(4)28-34(2)20-16-15-17-21-35(3)48(64-11)32-44-25-23-40(8)56(63,69-44)53(60)54(61)57-27-19-18-22-45(57)55(62)68-49/h15-17,20-21,29,34,36,38-40,42-45,47-50,52,63H,9,14,18-19,22-28,30-33H2,1-8,10-13H3/b17-15+,20-16+,35-21+,37-29+/t34-,36-,38-,39-,40-,42-,43+,44+,45+,47-,48+,49+,50-,52+,56-/m1/s1. The van der Waals surface area contributed by atoms with Gasteiger partial charge in [-0.25, -0.2) is 4.79 Å². The van der Waals surface area contributed by atoms with Crippen LogP contribution in [0.4, 0.5) is 0 Å². The van der Waals surface area contributed by atoms with Gasteiger partial charge in [-0.2, -0.15) is 0 Å². The molecular weight excluding hydrogens is 879 g/mol. The third kappa shape index (κ3) is 15.6. The number of carbonyl (C=O) groups is 5. The Morgan fingerprint density at radius 3 is 2.28 bits per heavy atom. The maximum atomic E-state index is 14.5. The van der Waals surface area contributed by atoms with Gasteiger partial charge in [-0.05, 0) is 113 Å². The van der Waals surface area contributed by atoms with Gasteiger partial charge in [-0.3, -0.25) is 19.2 Å². The number of ether oxygens (including phenoxy) is 6. The number of aliphatic hydroxyl groups is 1. The summed E-state index contributed by atoms with van der Waals surface area (Å²) >= 11 is 0. The van der Waals surface area contributed by atoms with Crippen LogP contribution in [0.2, 0.25) is 0 Å². The van der Waals surface area contributed by atoms with Crippen LogP contribution < -0.4 is 0 Å². The summed E-state index contributed by atoms with van der Waals surface area (Å²) in [5.41, 5.74) is 2.90. The quantitative estimate of drug-likeness (QED) is 0.140. The maximum absolute atomic E-state index is 14.5. The molecule has 15 atom stereocenters. The molecule has 2 saturated heterocycles. The zero-order chi connectivity index (χ0) is 51.2. The molecule has 1 aliphatic carbocycles. The van der Waals surface area contributed by atoms with E-state index in [1.807, 2.05) is 58.1 Å². The lowest BCUT2D eigenvalue weighted by molar-refractivity contribution is -0.265. The van der Waals surface area contributed by atoms with E-state index in [1.165, 1.54) is 4.90 Å². The summed E-state index contributed by atoms with van der Waals surface area (Å²) in [6, 6.07) is -1.10. The molecule has 1 saturated carbocycles. The fraction of sp³-hybridized carbons (Fsp3) is 0.732. The summed E-state index contributed by atoms with van der Waals surface area (Å²) in [5, 5.41) is 12.0. The summed E-state index contributed by atoms with van der Waals surface area (Å²) in [6.45, 7) is 22.3. The zero-order valence-electron chi connectivity index (χ0n) is 44.0. The van der Waals surface area contributed by atoms with Gasteiger partial charge >= 0.3 is 11.9 Å². The molecule has 3 heterocycles. The number of esters is 2. The van der Waals surface area contributed by atoms with Gasteiger partial charge in [0.05, 0.1) is 24.4 Å². The number of nitrogens with zero attached hydrogens (tertiary/aromatic N) is 1. The molecule has 3 fully saturated rings. The van der Waals surface area contributed by atoms with Gasteiger partial charge < -0.3 is 38.4 Å². The second-order valence-electron chi connectivity index (χ2n) is 20.9. The Bertz CT molecular complexity index is 1890. The number of fused-ring (bicyclic) bond motifs is 3. The summed E-state index contributed by atoms with van der Waals surface area (Å²) in [7, 11) is 4.92. The van der Waals surface area contributed by atoms with Gasteiger partial charge in [0.1, 0.15) is 24.0 Å². The van der Waals surface area contributed by atoms with Crippen LogP contribution in [0.3, 0.4) is 0 Å². The van der Waals surface area contributed by atoms with Crippen molar-refractivity contribution in [1.29, 1.82) is 0 Å². The first-order chi connectivity index (χ1) is 32.7. The zero-order valence-corrected chi connectivity index (χ0v) is 44.0. The molecule has 0 radical (unpaired) electrons. The van der Waals surface area contributed by atoms with Crippen molar-refractivity contribution in [2.24, 2.45) is 41.4 Å². The number of carbonyl (C=O) groups excluding carboxylic acids is 5. The average Bonchev–Trinajstić information content (AvgIpc) is 3.33. The van der Waals surface area contributed by atoms with E-state index in [9.17, 15) is 29.1 Å². The van der Waals surface area contributed by atoms with Crippen LogP contribution in [-0.2, 0) is 52.4 Å². The first kappa shape index (κ1) is 57.8. The Morgan fingerprint density at radius 2 is 1.61 bits per heavy atom. The molecule has 69 heavy (non-hydrogen) atoms. The highest BCUT2D eigenvalue weighted by Gasteiger charge is 2.53. The highest BCUT2D eigenvalue weighted by atomic mass is 16.6. The SMILES string of the molecule is C=C1[C@H](C)C[C@H](C)/C=C/C=C/C=C(\C)[C@@H](OC)C[C@@H]2CC[C@@H](C)[C@@](O)(O2)C(=O)C(=O)N2CCCC[C@H]2C(=O)O[C@H]([C@H](C)C[C@@H]2CC[C@@H](OC(=O)CC)[C@H](OC)C2)CC(=O)[C@H](C)/C=C(\C)[C@@H](C)[C@H]1OC. The summed E-state index contributed by atoms with van der Waals surface area (Å²) in [4.78, 5) is 71.0. The van der Waals surface area contributed by atoms with Crippen LogP contribution in [-0.4, -0.2) is 116 Å². The van der Waals surface area contributed by atoms with Gasteiger partial charge in [-0.15, -0.1) is 0 Å². The van der Waals surface area contributed by atoms with Crippen molar-refractivity contribution in [2.45, 2.75) is 194 Å². The molecule has 0 aromatic carbocycles. The van der Waals surface area contributed by atoms with E-state index in [1.54, 1.807) is 35.2 Å². The lowest BCUT2D eigenvalue weighted by Crippen LogP contribution is -2.61. The van der Waals surface area contributed by atoms with Gasteiger partial charge in [0.2, 0.25) is 5.79 Å². The van der Waals surface area contributed by atoms with Crippen LogP contribution in [0, 0.1) is 41.4 Å². The number of allylic oxidation sites excluding steroid dienone is 6. The van der Waals surface area contributed by atoms with Gasteiger partial charge in [0.25, 0.3) is 11.7 Å². The number of Topliss-reactive ketones (excluding diaryl/α,β-unsaturated/α-hetero) is 2. The number of rotatable bonds is 8. The minimum absolute atomic E-state index is 0.0648. The molecule has 0 aromatic rings. The first-order valence-electron chi connectivity index (χ1n) is 25.8. The number of cyclic esters (lactones) is 1. The van der Waals surface area contributed by atoms with Crippen LogP contribution >= 0.6 is 0 Å². The van der Waals surface area contributed by atoms with E-state index in [2.05, 4.69) is 33.4 Å². The second-order valence-corrected chi connectivity index (χ2v) is 20.9. The fourth-order valence-electron chi connectivity index (χ4n) is 10.9.